The molecule has 0 aliphatic carbocycles. The lowest BCUT2D eigenvalue weighted by atomic mass is 10.0. The third kappa shape index (κ3) is 4.94. The number of hydrogen-bond acceptors (Lipinski definition) is 4. The minimum absolute atomic E-state index is 0.531. The Morgan fingerprint density at radius 1 is 0.312 bits per heavy atom. The van der Waals surface area contributed by atoms with Crippen LogP contribution in [0.15, 0.2) is 211 Å². The molecule has 0 atom stereocenters. The van der Waals surface area contributed by atoms with E-state index >= 15 is 0 Å². The molecule has 0 aliphatic heterocycles. The Kier molecular flexibility index (Phi) is 7.27. The largest absolute Gasteiger partial charge is 0.456 e. The molecule has 0 saturated heterocycles. The van der Waals surface area contributed by atoms with Gasteiger partial charge in [0, 0.05) is 65.6 Å². The number of fused-ring (bicyclic) bond motifs is 14. The van der Waals surface area contributed by atoms with Crippen LogP contribution in [0.25, 0.3) is 127 Å². The molecule has 5 aromatic heterocycles. The van der Waals surface area contributed by atoms with E-state index in [1.54, 1.807) is 0 Å². The lowest BCUT2D eigenvalue weighted by Gasteiger charge is -2.12. The molecule has 7 nitrogen and oxygen atoms in total. The van der Waals surface area contributed by atoms with Gasteiger partial charge in [0.25, 0.3) is 0 Å². The van der Waals surface area contributed by atoms with E-state index in [2.05, 4.69) is 184 Å². The highest BCUT2D eigenvalue weighted by Crippen LogP contribution is 2.46. The Bertz CT molecular complexity index is 4180. The van der Waals surface area contributed by atoms with Crippen molar-refractivity contribution in [2.24, 2.45) is 0 Å². The van der Waals surface area contributed by atoms with Crippen LogP contribution < -0.4 is 0 Å². The fourth-order valence-corrected chi connectivity index (χ4v) is 10.2. The van der Waals surface area contributed by atoms with Crippen LogP contribution in [0.5, 0.6) is 0 Å². The highest BCUT2D eigenvalue weighted by atomic mass is 16.3. The molecule has 7 heteroatoms. The molecule has 14 aromatic rings. The Morgan fingerprint density at radius 3 is 1.45 bits per heavy atom. The van der Waals surface area contributed by atoms with Gasteiger partial charge in [-0.2, -0.15) is 9.97 Å². The van der Waals surface area contributed by atoms with Crippen LogP contribution in [0, 0.1) is 0 Å². The lowest BCUT2D eigenvalue weighted by Crippen LogP contribution is -2.06. The van der Waals surface area contributed by atoms with E-state index in [1.807, 2.05) is 36.4 Å². The first-order valence-corrected chi connectivity index (χ1v) is 21.5. The Hall–Kier alpha value is -8.81. The zero-order chi connectivity index (χ0) is 41.9. The summed E-state index contributed by atoms with van der Waals surface area (Å²) in [6.45, 7) is 0. The van der Waals surface area contributed by atoms with E-state index in [-0.39, 0.29) is 0 Å². The van der Waals surface area contributed by atoms with E-state index in [9.17, 15) is 0 Å². The topological polar surface area (TPSA) is 66.6 Å². The molecular formula is C57H34N6O. The van der Waals surface area contributed by atoms with Gasteiger partial charge in [0.05, 0.1) is 33.1 Å². The van der Waals surface area contributed by atoms with Crippen LogP contribution in [0.1, 0.15) is 0 Å². The van der Waals surface area contributed by atoms with Crippen molar-refractivity contribution in [3.05, 3.63) is 206 Å². The molecule has 5 heterocycles. The van der Waals surface area contributed by atoms with Crippen LogP contribution in [-0.4, -0.2) is 28.7 Å². The van der Waals surface area contributed by atoms with E-state index in [0.29, 0.717) is 17.6 Å². The molecule has 0 fully saturated rings. The van der Waals surface area contributed by atoms with Crippen molar-refractivity contribution in [2.75, 3.05) is 0 Å². The zero-order valence-corrected chi connectivity index (χ0v) is 34.2. The summed E-state index contributed by atoms with van der Waals surface area (Å²) >= 11 is 0. The van der Waals surface area contributed by atoms with Gasteiger partial charge in [-0.05, 0) is 66.7 Å². The van der Waals surface area contributed by atoms with E-state index < -0.39 is 0 Å². The quantitative estimate of drug-likeness (QED) is 0.173. The SMILES string of the molecule is c1ccc(-c2nc(-c3ccc4c(c3)oc3ccccc34)nc(-n3c4ccccc4c4ccc5c(c6c(ccc7c8ccccc8n(-c8ccccc8)c76)n5-c5ccccc5)c43)n2)cc1. The van der Waals surface area contributed by atoms with Crippen LogP contribution in [-0.2, 0) is 0 Å². The molecule has 9 aromatic carbocycles. The van der Waals surface area contributed by atoms with Gasteiger partial charge in [-0.1, -0.05) is 140 Å². The summed E-state index contributed by atoms with van der Waals surface area (Å²) in [5, 5.41) is 9.01. The van der Waals surface area contributed by atoms with Crippen molar-refractivity contribution < 1.29 is 4.42 Å². The van der Waals surface area contributed by atoms with Gasteiger partial charge in [0.15, 0.2) is 11.6 Å². The molecule has 0 amide bonds. The molecule has 0 saturated carbocycles. The van der Waals surface area contributed by atoms with E-state index in [0.717, 1.165) is 99.1 Å². The number of furan rings is 1. The fourth-order valence-electron chi connectivity index (χ4n) is 10.2. The number of nitrogens with zero attached hydrogens (tertiary/aromatic N) is 6. The van der Waals surface area contributed by atoms with Crippen molar-refractivity contribution in [1.82, 2.24) is 28.7 Å². The van der Waals surface area contributed by atoms with Crippen LogP contribution in [0.4, 0.5) is 0 Å². The summed E-state index contributed by atoms with van der Waals surface area (Å²) in [6.07, 6.45) is 0. The number of para-hydroxylation sites is 5. The molecule has 14 rings (SSSR count). The molecule has 0 aliphatic rings. The predicted octanol–water partition coefficient (Wildman–Crippen LogP) is 14.4. The first-order chi connectivity index (χ1) is 31.8. The molecule has 64 heavy (non-hydrogen) atoms. The third-order valence-corrected chi connectivity index (χ3v) is 12.9. The van der Waals surface area contributed by atoms with Gasteiger partial charge in [-0.25, -0.2) is 4.98 Å². The number of aromatic nitrogens is 6. The average Bonchev–Trinajstić information content (AvgIpc) is 4.10. The normalized spacial score (nSPS) is 12.1. The highest BCUT2D eigenvalue weighted by molar-refractivity contribution is 6.33. The first-order valence-electron chi connectivity index (χ1n) is 21.5. The number of hydrogen-bond donors (Lipinski definition) is 0. The van der Waals surface area contributed by atoms with Gasteiger partial charge in [-0.15, -0.1) is 0 Å². The maximum Gasteiger partial charge on any atom is 0.238 e. The van der Waals surface area contributed by atoms with Crippen LogP contribution in [0.2, 0.25) is 0 Å². The van der Waals surface area contributed by atoms with E-state index in [1.165, 1.54) is 10.8 Å². The Balaban J connectivity index is 1.17. The molecule has 0 spiro atoms. The van der Waals surface area contributed by atoms with Crippen molar-refractivity contribution in [2.45, 2.75) is 0 Å². The summed E-state index contributed by atoms with van der Waals surface area (Å²) in [7, 11) is 0. The Labute approximate surface area is 365 Å². The van der Waals surface area contributed by atoms with Gasteiger partial charge in [-0.3, -0.25) is 4.57 Å². The smallest absolute Gasteiger partial charge is 0.238 e. The molecule has 0 unspecified atom stereocenters. The summed E-state index contributed by atoms with van der Waals surface area (Å²) in [4.78, 5) is 16.0. The molecule has 0 N–H and O–H groups in total. The number of rotatable bonds is 5. The summed E-state index contributed by atoms with van der Waals surface area (Å²) < 4.78 is 13.5. The Morgan fingerprint density at radius 2 is 0.797 bits per heavy atom. The molecule has 298 valence electrons. The van der Waals surface area contributed by atoms with Crippen molar-refractivity contribution in [1.29, 1.82) is 0 Å². The van der Waals surface area contributed by atoms with Crippen molar-refractivity contribution in [3.8, 4) is 40.1 Å². The maximum absolute atomic E-state index is 6.39. The van der Waals surface area contributed by atoms with Gasteiger partial charge in [0.1, 0.15) is 11.2 Å². The standard InChI is InChI=1S/C57H34N6O/c1-4-16-35(17-5-1)55-58-56(36-28-29-42-41-24-12-15-27-49(41)64-50(42)34-36)60-57(59-55)63-46-26-14-11-23-40(46)44-31-33-48-52(54(44)63)51-47(61(48)37-18-6-2-7-19-37)32-30-43-39-22-10-13-25-45(39)62(53(43)51)38-20-8-3-9-21-38/h1-34H. The van der Waals surface area contributed by atoms with Gasteiger partial charge < -0.3 is 13.6 Å². The predicted molar refractivity (Wildman–Crippen MR) is 261 cm³/mol. The summed E-state index contributed by atoms with van der Waals surface area (Å²) in [5.41, 5.74) is 12.1. The average molecular weight is 819 g/mol. The maximum atomic E-state index is 6.39. The zero-order valence-electron chi connectivity index (χ0n) is 34.2. The van der Waals surface area contributed by atoms with Crippen LogP contribution >= 0.6 is 0 Å². The monoisotopic (exact) mass is 818 g/mol. The molecule has 0 bridgehead atoms. The highest BCUT2D eigenvalue weighted by Gasteiger charge is 2.26. The van der Waals surface area contributed by atoms with Crippen molar-refractivity contribution in [3.63, 3.8) is 0 Å². The second kappa shape index (κ2) is 13.3. The second-order valence-electron chi connectivity index (χ2n) is 16.4. The van der Waals surface area contributed by atoms with Gasteiger partial charge >= 0.3 is 0 Å². The van der Waals surface area contributed by atoms with Crippen molar-refractivity contribution >= 4 is 87.4 Å². The first kappa shape index (κ1) is 34.9. The minimum Gasteiger partial charge on any atom is -0.456 e. The molecular weight excluding hydrogens is 785 g/mol. The summed E-state index contributed by atoms with van der Waals surface area (Å²) in [5.74, 6) is 1.67. The van der Waals surface area contributed by atoms with Crippen LogP contribution in [0.3, 0.4) is 0 Å². The molecule has 0 radical (unpaired) electrons. The fraction of sp³-hybridized carbons (Fsp3) is 0. The minimum atomic E-state index is 0.531. The van der Waals surface area contributed by atoms with Gasteiger partial charge in [0.2, 0.25) is 5.95 Å². The second-order valence-corrected chi connectivity index (χ2v) is 16.4. The lowest BCUT2D eigenvalue weighted by molar-refractivity contribution is 0.669. The number of benzene rings is 9. The van der Waals surface area contributed by atoms with E-state index in [4.69, 9.17) is 19.4 Å². The third-order valence-electron chi connectivity index (χ3n) is 12.9. The summed E-state index contributed by atoms with van der Waals surface area (Å²) in [6, 6.07) is 72.5.